The Labute approximate surface area is 110 Å². The van der Waals surface area contributed by atoms with E-state index in [0.717, 1.165) is 26.1 Å². The summed E-state index contributed by atoms with van der Waals surface area (Å²) in [5.41, 5.74) is 0. The molecule has 104 valence electrons. The Morgan fingerprint density at radius 2 is 2.28 bits per heavy atom. The van der Waals surface area contributed by atoms with Crippen molar-refractivity contribution in [3.05, 3.63) is 0 Å². The van der Waals surface area contributed by atoms with E-state index in [1.165, 1.54) is 25.7 Å². The van der Waals surface area contributed by atoms with Crippen molar-refractivity contribution < 1.29 is 9.53 Å². The van der Waals surface area contributed by atoms with Gasteiger partial charge in [0.1, 0.15) is 0 Å². The molecule has 0 aromatic heterocycles. The first-order valence-electron chi connectivity index (χ1n) is 7.32. The van der Waals surface area contributed by atoms with Gasteiger partial charge in [-0.2, -0.15) is 0 Å². The maximum Gasteiger partial charge on any atom is 0.222 e. The molecule has 2 fully saturated rings. The average Bonchev–Trinajstić information content (AvgIpc) is 2.89. The molecule has 2 aliphatic heterocycles. The number of hydrogen-bond donors (Lipinski definition) is 1. The van der Waals surface area contributed by atoms with Crippen LogP contribution in [0.15, 0.2) is 0 Å². The van der Waals surface area contributed by atoms with Crippen molar-refractivity contribution in [2.75, 3.05) is 33.4 Å². The van der Waals surface area contributed by atoms with E-state index in [1.807, 2.05) is 0 Å². The molecule has 0 spiro atoms. The summed E-state index contributed by atoms with van der Waals surface area (Å²) >= 11 is 0. The molecule has 1 amide bonds. The summed E-state index contributed by atoms with van der Waals surface area (Å²) in [6.45, 7) is 3.89. The number of likely N-dealkylation sites (tertiary alicyclic amines) is 1. The Balaban J connectivity index is 1.84. The molecule has 0 bridgehead atoms. The van der Waals surface area contributed by atoms with E-state index in [4.69, 9.17) is 4.74 Å². The summed E-state index contributed by atoms with van der Waals surface area (Å²) in [7, 11) is 1.69. The number of carbonyl (C=O) groups excluding carboxylic acids is 1. The van der Waals surface area contributed by atoms with E-state index in [9.17, 15) is 4.79 Å². The van der Waals surface area contributed by atoms with Gasteiger partial charge in [-0.1, -0.05) is 0 Å². The molecule has 0 aromatic carbocycles. The van der Waals surface area contributed by atoms with Crippen LogP contribution in [0.3, 0.4) is 0 Å². The van der Waals surface area contributed by atoms with Gasteiger partial charge in [-0.25, -0.2) is 0 Å². The third-order valence-electron chi connectivity index (χ3n) is 4.24. The topological polar surface area (TPSA) is 41.6 Å². The number of methoxy groups -OCH3 is 1. The lowest BCUT2D eigenvalue weighted by Crippen LogP contribution is -2.45. The lowest BCUT2D eigenvalue weighted by Gasteiger charge is -2.34. The Bertz CT molecular complexity index is 265. The first kappa shape index (κ1) is 13.8. The average molecular weight is 254 g/mol. The molecule has 18 heavy (non-hydrogen) atoms. The quantitative estimate of drug-likeness (QED) is 0.754. The van der Waals surface area contributed by atoms with E-state index in [0.29, 0.717) is 30.9 Å². The molecule has 0 radical (unpaired) electrons. The van der Waals surface area contributed by atoms with Crippen LogP contribution in [0.5, 0.6) is 0 Å². The van der Waals surface area contributed by atoms with Gasteiger partial charge >= 0.3 is 0 Å². The molecule has 1 N–H and O–H groups in total. The summed E-state index contributed by atoms with van der Waals surface area (Å²) in [4.78, 5) is 14.4. The van der Waals surface area contributed by atoms with Crippen molar-refractivity contribution in [3.63, 3.8) is 0 Å². The fourth-order valence-corrected chi connectivity index (χ4v) is 3.31. The van der Waals surface area contributed by atoms with Gasteiger partial charge in [-0.15, -0.1) is 0 Å². The van der Waals surface area contributed by atoms with Gasteiger partial charge in [-0.3, -0.25) is 4.79 Å². The van der Waals surface area contributed by atoms with Crippen molar-refractivity contribution in [2.24, 2.45) is 5.92 Å². The van der Waals surface area contributed by atoms with Crippen molar-refractivity contribution in [2.45, 2.75) is 44.6 Å². The number of nitrogens with one attached hydrogen (secondary N) is 1. The summed E-state index contributed by atoms with van der Waals surface area (Å²) in [6.07, 6.45) is 6.40. The number of rotatable bonds is 5. The molecule has 2 unspecified atom stereocenters. The zero-order valence-electron chi connectivity index (χ0n) is 11.5. The number of ether oxygens (including phenoxy) is 1. The van der Waals surface area contributed by atoms with Gasteiger partial charge in [0.2, 0.25) is 5.91 Å². The SMILES string of the molecule is COCCCC(=O)N1CCCC1C1CCCNC1. The van der Waals surface area contributed by atoms with Crippen LogP contribution in [0.2, 0.25) is 0 Å². The van der Waals surface area contributed by atoms with Crippen LogP contribution in [0.1, 0.15) is 38.5 Å². The molecule has 0 aromatic rings. The van der Waals surface area contributed by atoms with Gasteiger partial charge in [0, 0.05) is 32.7 Å². The van der Waals surface area contributed by atoms with Crippen LogP contribution in [0.25, 0.3) is 0 Å². The molecule has 4 nitrogen and oxygen atoms in total. The van der Waals surface area contributed by atoms with E-state index < -0.39 is 0 Å². The maximum absolute atomic E-state index is 12.2. The maximum atomic E-state index is 12.2. The van der Waals surface area contributed by atoms with Crippen molar-refractivity contribution in [1.82, 2.24) is 10.2 Å². The monoisotopic (exact) mass is 254 g/mol. The van der Waals surface area contributed by atoms with Gasteiger partial charge in [0.05, 0.1) is 0 Å². The first-order valence-corrected chi connectivity index (χ1v) is 7.32. The lowest BCUT2D eigenvalue weighted by atomic mass is 9.90. The van der Waals surface area contributed by atoms with Crippen molar-refractivity contribution >= 4 is 5.91 Å². The highest BCUT2D eigenvalue weighted by Crippen LogP contribution is 2.28. The number of nitrogens with zero attached hydrogens (tertiary/aromatic N) is 1. The molecule has 4 heteroatoms. The second kappa shape index (κ2) is 7.10. The smallest absolute Gasteiger partial charge is 0.222 e. The minimum Gasteiger partial charge on any atom is -0.385 e. The normalized spacial score (nSPS) is 28.6. The van der Waals surface area contributed by atoms with Gasteiger partial charge in [-0.05, 0) is 51.1 Å². The third-order valence-corrected chi connectivity index (χ3v) is 4.24. The van der Waals surface area contributed by atoms with Crippen LogP contribution in [0.4, 0.5) is 0 Å². The molecule has 2 heterocycles. The second-order valence-corrected chi connectivity index (χ2v) is 5.50. The first-order chi connectivity index (χ1) is 8.83. The van der Waals surface area contributed by atoms with Gasteiger partial charge in [0.15, 0.2) is 0 Å². The summed E-state index contributed by atoms with van der Waals surface area (Å²) in [5.74, 6) is 1.01. The molecule has 2 atom stereocenters. The Morgan fingerprint density at radius 3 is 3.00 bits per heavy atom. The highest BCUT2D eigenvalue weighted by atomic mass is 16.5. The molecular formula is C14H26N2O2. The van der Waals surface area contributed by atoms with Crippen LogP contribution >= 0.6 is 0 Å². The molecule has 2 rings (SSSR count). The molecule has 2 aliphatic rings. The fraction of sp³-hybridized carbons (Fsp3) is 0.929. The number of hydrogen-bond acceptors (Lipinski definition) is 3. The number of piperidine rings is 1. The zero-order valence-corrected chi connectivity index (χ0v) is 11.5. The summed E-state index contributed by atoms with van der Waals surface area (Å²) in [6, 6.07) is 0.493. The third kappa shape index (κ3) is 3.45. The van der Waals surface area contributed by atoms with E-state index in [1.54, 1.807) is 7.11 Å². The molecule has 0 aliphatic carbocycles. The summed E-state index contributed by atoms with van der Waals surface area (Å²) < 4.78 is 5.02. The van der Waals surface area contributed by atoms with Crippen LogP contribution in [-0.4, -0.2) is 50.2 Å². The number of carbonyl (C=O) groups is 1. The molecular weight excluding hydrogens is 228 g/mol. The van der Waals surface area contributed by atoms with E-state index in [2.05, 4.69) is 10.2 Å². The standard InChI is InChI=1S/C14H26N2O2/c1-18-10-4-7-14(17)16-9-3-6-13(16)12-5-2-8-15-11-12/h12-13,15H,2-11H2,1H3. The Hall–Kier alpha value is -0.610. The van der Waals surface area contributed by atoms with Gasteiger partial charge < -0.3 is 15.0 Å². The minimum atomic E-state index is 0.333. The number of amides is 1. The van der Waals surface area contributed by atoms with Crippen LogP contribution < -0.4 is 5.32 Å². The lowest BCUT2D eigenvalue weighted by molar-refractivity contribution is -0.133. The largest absolute Gasteiger partial charge is 0.385 e. The predicted octanol–water partition coefficient (Wildman–Crippen LogP) is 1.40. The summed E-state index contributed by atoms with van der Waals surface area (Å²) in [5, 5.41) is 3.47. The van der Waals surface area contributed by atoms with E-state index >= 15 is 0 Å². The predicted molar refractivity (Wildman–Crippen MR) is 71.4 cm³/mol. The van der Waals surface area contributed by atoms with Crippen molar-refractivity contribution in [3.8, 4) is 0 Å². The fourth-order valence-electron chi connectivity index (χ4n) is 3.31. The van der Waals surface area contributed by atoms with Crippen molar-refractivity contribution in [1.29, 1.82) is 0 Å². The zero-order chi connectivity index (χ0) is 12.8. The Morgan fingerprint density at radius 1 is 1.39 bits per heavy atom. The molecule has 0 saturated carbocycles. The van der Waals surface area contributed by atoms with Gasteiger partial charge in [0.25, 0.3) is 0 Å². The molecule has 2 saturated heterocycles. The Kier molecular flexibility index (Phi) is 5.45. The van der Waals surface area contributed by atoms with E-state index in [-0.39, 0.29) is 0 Å². The minimum absolute atomic E-state index is 0.333. The highest BCUT2D eigenvalue weighted by Gasteiger charge is 2.34. The van der Waals surface area contributed by atoms with Crippen LogP contribution in [-0.2, 0) is 9.53 Å². The van der Waals surface area contributed by atoms with Crippen LogP contribution in [0, 0.1) is 5.92 Å². The highest BCUT2D eigenvalue weighted by molar-refractivity contribution is 5.76. The second-order valence-electron chi connectivity index (χ2n) is 5.50.